The molecule has 0 spiro atoms. The number of likely N-dealkylation sites (tertiary alicyclic amines) is 1. The van der Waals surface area contributed by atoms with Crippen molar-refractivity contribution in [2.45, 2.75) is 29.8 Å². The van der Waals surface area contributed by atoms with E-state index < -0.39 is 28.2 Å². The number of sulfonamides is 1. The van der Waals surface area contributed by atoms with Crippen LogP contribution in [0.2, 0.25) is 0 Å². The maximum Gasteiger partial charge on any atom is 0.573 e. The first-order valence-electron chi connectivity index (χ1n) is 9.68. The van der Waals surface area contributed by atoms with Gasteiger partial charge < -0.3 is 9.26 Å². The smallest absolute Gasteiger partial charge is 0.406 e. The van der Waals surface area contributed by atoms with Gasteiger partial charge in [0.1, 0.15) is 11.6 Å². The third kappa shape index (κ3) is 5.49. The number of alkyl halides is 3. The van der Waals surface area contributed by atoms with Gasteiger partial charge in [-0.15, -0.1) is 13.2 Å². The van der Waals surface area contributed by atoms with Crippen LogP contribution in [-0.4, -0.2) is 49.5 Å². The molecule has 1 aliphatic heterocycles. The minimum absolute atomic E-state index is 0.0481. The highest BCUT2D eigenvalue weighted by atomic mass is 32.2. The Hall–Kier alpha value is -3.03. The molecule has 3 aromatic rings. The quantitative estimate of drug-likeness (QED) is 0.533. The second kappa shape index (κ2) is 8.72. The van der Waals surface area contributed by atoms with Crippen LogP contribution in [0, 0.1) is 5.82 Å². The molecular weight excluding hydrogens is 468 g/mol. The van der Waals surface area contributed by atoms with E-state index in [-0.39, 0.29) is 28.4 Å². The Labute approximate surface area is 186 Å². The van der Waals surface area contributed by atoms with Gasteiger partial charge in [-0.25, -0.2) is 17.5 Å². The van der Waals surface area contributed by atoms with Crippen LogP contribution in [0.1, 0.15) is 18.4 Å². The van der Waals surface area contributed by atoms with Crippen LogP contribution in [0.25, 0.3) is 11.4 Å². The van der Waals surface area contributed by atoms with Crippen LogP contribution < -0.4 is 9.46 Å². The van der Waals surface area contributed by atoms with Gasteiger partial charge in [-0.05, 0) is 62.0 Å². The molecule has 1 aliphatic rings. The van der Waals surface area contributed by atoms with Gasteiger partial charge >= 0.3 is 6.36 Å². The number of rotatable bonds is 6. The monoisotopic (exact) mass is 486 g/mol. The molecule has 0 aliphatic carbocycles. The van der Waals surface area contributed by atoms with Crippen LogP contribution in [0.3, 0.4) is 0 Å². The fraction of sp³-hybridized carbons (Fsp3) is 0.300. The highest BCUT2D eigenvalue weighted by Gasteiger charge is 2.37. The van der Waals surface area contributed by atoms with Gasteiger partial charge in [0.2, 0.25) is 21.7 Å². The number of likely N-dealkylation sites (N-methyl/N-ethyl adjacent to an activating group) is 1. The molecule has 1 N–H and O–H groups in total. The predicted molar refractivity (Wildman–Crippen MR) is 107 cm³/mol. The lowest BCUT2D eigenvalue weighted by Gasteiger charge is -2.14. The number of halogens is 4. The molecule has 1 fully saturated rings. The second-order valence-corrected chi connectivity index (χ2v) is 9.21. The molecule has 33 heavy (non-hydrogen) atoms. The normalized spacial score (nSPS) is 19.7. The Morgan fingerprint density at radius 2 is 1.79 bits per heavy atom. The first-order valence-corrected chi connectivity index (χ1v) is 11.2. The molecule has 176 valence electrons. The molecule has 8 nitrogen and oxygen atoms in total. The summed E-state index contributed by atoms with van der Waals surface area (Å²) in [6.07, 6.45) is -4.44. The number of benzene rings is 2. The number of hydrogen-bond acceptors (Lipinski definition) is 7. The molecule has 2 atom stereocenters. The lowest BCUT2D eigenvalue weighted by Crippen LogP contribution is -2.36. The van der Waals surface area contributed by atoms with E-state index in [1.807, 2.05) is 4.90 Å². The minimum atomic E-state index is -4.79. The fourth-order valence-corrected chi connectivity index (χ4v) is 4.81. The maximum absolute atomic E-state index is 13.1. The average molecular weight is 486 g/mol. The van der Waals surface area contributed by atoms with E-state index in [2.05, 4.69) is 19.6 Å². The lowest BCUT2D eigenvalue weighted by atomic mass is 10.2. The molecule has 0 radical (unpaired) electrons. The molecule has 0 amide bonds. The largest absolute Gasteiger partial charge is 0.573 e. The van der Waals surface area contributed by atoms with Gasteiger partial charge in [0.25, 0.3) is 0 Å². The van der Waals surface area contributed by atoms with E-state index >= 15 is 0 Å². The number of aromatic nitrogens is 2. The molecule has 0 unspecified atom stereocenters. The summed E-state index contributed by atoms with van der Waals surface area (Å²) >= 11 is 0. The summed E-state index contributed by atoms with van der Waals surface area (Å²) in [5.74, 6) is -0.495. The van der Waals surface area contributed by atoms with E-state index in [1.54, 1.807) is 7.05 Å². The van der Waals surface area contributed by atoms with E-state index in [0.717, 1.165) is 24.3 Å². The highest BCUT2D eigenvalue weighted by molar-refractivity contribution is 7.89. The Balaban J connectivity index is 1.44. The molecule has 0 saturated carbocycles. The third-order valence-electron chi connectivity index (χ3n) is 5.07. The van der Waals surface area contributed by atoms with Crippen molar-refractivity contribution in [3.05, 3.63) is 60.2 Å². The van der Waals surface area contributed by atoms with Gasteiger partial charge in [-0.2, -0.15) is 4.98 Å². The zero-order valence-electron chi connectivity index (χ0n) is 17.1. The molecule has 0 bridgehead atoms. The van der Waals surface area contributed by atoms with E-state index in [9.17, 15) is 26.0 Å². The van der Waals surface area contributed by atoms with E-state index in [0.29, 0.717) is 18.5 Å². The summed E-state index contributed by atoms with van der Waals surface area (Å²) < 4.78 is 86.9. The van der Waals surface area contributed by atoms with Crippen molar-refractivity contribution in [1.82, 2.24) is 19.8 Å². The van der Waals surface area contributed by atoms with Gasteiger partial charge in [-0.1, -0.05) is 5.16 Å². The number of nitrogens with one attached hydrogen (secondary N) is 1. The zero-order valence-corrected chi connectivity index (χ0v) is 17.9. The third-order valence-corrected chi connectivity index (χ3v) is 6.60. The number of nitrogens with zero attached hydrogens (tertiary/aromatic N) is 3. The summed E-state index contributed by atoms with van der Waals surface area (Å²) in [7, 11) is -2.08. The Morgan fingerprint density at radius 1 is 1.12 bits per heavy atom. The van der Waals surface area contributed by atoms with Crippen molar-refractivity contribution in [1.29, 1.82) is 0 Å². The van der Waals surface area contributed by atoms with Crippen LogP contribution >= 0.6 is 0 Å². The van der Waals surface area contributed by atoms with Crippen LogP contribution in [-0.2, 0) is 10.0 Å². The Bertz CT molecular complexity index is 1210. The van der Waals surface area contributed by atoms with Gasteiger partial charge in [0.05, 0.1) is 10.9 Å². The summed E-state index contributed by atoms with van der Waals surface area (Å²) in [5.41, 5.74) is 0.425. The van der Waals surface area contributed by atoms with Crippen molar-refractivity contribution < 1.29 is 35.2 Å². The molecule has 4 rings (SSSR count). The minimum Gasteiger partial charge on any atom is -0.406 e. The molecule has 2 aromatic carbocycles. The standard InChI is InChI=1S/C20H18F4N4O4S/c1-28-11-14(27-33(29,30)16-8-4-13(21)5-9-16)10-17(28)19-25-18(26-32-19)12-2-6-15(7-3-12)31-20(22,23)24/h2-9,14,17,27H,10-11H2,1H3/t14-,17-/m0/s1. The molecular formula is C20H18F4N4O4S. The van der Waals surface area contributed by atoms with Gasteiger partial charge in [0.15, 0.2) is 0 Å². The highest BCUT2D eigenvalue weighted by Crippen LogP contribution is 2.32. The summed E-state index contributed by atoms with van der Waals surface area (Å²) in [6, 6.07) is 8.69. The first-order chi connectivity index (χ1) is 15.5. The average Bonchev–Trinajstić information content (AvgIpc) is 3.34. The fourth-order valence-electron chi connectivity index (χ4n) is 3.57. The molecule has 1 saturated heterocycles. The first kappa shape index (κ1) is 23.1. The molecule has 13 heteroatoms. The van der Waals surface area contributed by atoms with Crippen molar-refractivity contribution >= 4 is 10.0 Å². The predicted octanol–water partition coefficient (Wildman–Crippen LogP) is 3.50. The van der Waals surface area contributed by atoms with Gasteiger partial charge in [-0.3, -0.25) is 4.90 Å². The topological polar surface area (TPSA) is 97.6 Å². The van der Waals surface area contributed by atoms with Crippen LogP contribution in [0.15, 0.2) is 57.9 Å². The second-order valence-electron chi connectivity index (χ2n) is 7.49. The maximum atomic E-state index is 13.1. The Morgan fingerprint density at radius 3 is 2.42 bits per heavy atom. The van der Waals surface area contributed by atoms with Crippen LogP contribution in [0.4, 0.5) is 17.6 Å². The number of hydrogen-bond donors (Lipinski definition) is 1. The molecule has 1 aromatic heterocycles. The van der Waals surface area contributed by atoms with Crippen molar-refractivity contribution in [2.24, 2.45) is 0 Å². The van der Waals surface area contributed by atoms with E-state index in [1.165, 1.54) is 24.3 Å². The molecule has 2 heterocycles. The summed E-state index contributed by atoms with van der Waals surface area (Å²) in [4.78, 5) is 6.11. The Kier molecular flexibility index (Phi) is 6.12. The lowest BCUT2D eigenvalue weighted by molar-refractivity contribution is -0.274. The van der Waals surface area contributed by atoms with Gasteiger partial charge in [0, 0.05) is 18.2 Å². The van der Waals surface area contributed by atoms with E-state index in [4.69, 9.17) is 4.52 Å². The number of ether oxygens (including phenoxy) is 1. The SMILES string of the molecule is CN1C[C@@H](NS(=O)(=O)c2ccc(F)cc2)C[C@H]1c1nc(-c2ccc(OC(F)(F)F)cc2)no1. The van der Waals surface area contributed by atoms with Crippen molar-refractivity contribution in [2.75, 3.05) is 13.6 Å². The van der Waals surface area contributed by atoms with Crippen molar-refractivity contribution in [3.63, 3.8) is 0 Å². The summed E-state index contributed by atoms with van der Waals surface area (Å²) in [5, 5.41) is 3.88. The van der Waals surface area contributed by atoms with Crippen LogP contribution in [0.5, 0.6) is 5.75 Å². The van der Waals surface area contributed by atoms with Crippen molar-refractivity contribution in [3.8, 4) is 17.1 Å². The zero-order chi connectivity index (χ0) is 23.8. The summed E-state index contributed by atoms with van der Waals surface area (Å²) in [6.45, 7) is 0.367.